The van der Waals surface area contributed by atoms with Gasteiger partial charge in [-0.15, -0.1) is 0 Å². The summed E-state index contributed by atoms with van der Waals surface area (Å²) in [5.74, 6) is -2.07. The average molecular weight is 689 g/mol. The van der Waals surface area contributed by atoms with Gasteiger partial charge >= 0.3 is 18.0 Å². The maximum Gasteiger partial charge on any atom is 0.435 e. The van der Waals surface area contributed by atoms with Gasteiger partial charge in [0.1, 0.15) is 10.6 Å². The molecule has 2 fully saturated rings. The fourth-order valence-electron chi connectivity index (χ4n) is 7.01. The highest BCUT2D eigenvalue weighted by Crippen LogP contribution is 2.57. The highest BCUT2D eigenvalue weighted by molar-refractivity contribution is 7.92. The number of carbonyl (C=O) groups is 1. The molecule has 45 heavy (non-hydrogen) atoms. The Bertz CT molecular complexity index is 1710. The summed E-state index contributed by atoms with van der Waals surface area (Å²) in [6, 6.07) is 4.16. The Hall–Kier alpha value is -2.79. The average Bonchev–Trinajstić information content (AvgIpc) is 3.36. The van der Waals surface area contributed by atoms with Crippen LogP contribution in [0.25, 0.3) is 0 Å². The van der Waals surface area contributed by atoms with E-state index in [-0.39, 0.29) is 68.9 Å². The second-order valence-corrected chi connectivity index (χ2v) is 15.8. The Morgan fingerprint density at radius 1 is 0.867 bits per heavy atom. The minimum atomic E-state index is -6.38. The maximum atomic E-state index is 15.0. The second kappa shape index (κ2) is 10.9. The van der Waals surface area contributed by atoms with Crippen molar-refractivity contribution in [2.24, 2.45) is 5.92 Å². The number of fused-ring (bicyclic) bond motifs is 3. The van der Waals surface area contributed by atoms with Crippen LogP contribution in [0.15, 0.2) is 47.4 Å². The van der Waals surface area contributed by atoms with Gasteiger partial charge in [0, 0.05) is 31.1 Å². The lowest BCUT2D eigenvalue weighted by Crippen LogP contribution is -2.54. The van der Waals surface area contributed by atoms with Gasteiger partial charge < -0.3 is 4.90 Å². The summed E-state index contributed by atoms with van der Waals surface area (Å²) in [5, 5.41) is 0. The summed E-state index contributed by atoms with van der Waals surface area (Å²) < 4.78 is 162. The first-order chi connectivity index (χ1) is 20.7. The van der Waals surface area contributed by atoms with E-state index in [2.05, 4.69) is 0 Å². The summed E-state index contributed by atoms with van der Waals surface area (Å²) in [5.41, 5.74) is -7.96. The van der Waals surface area contributed by atoms with Crippen LogP contribution in [-0.4, -0.2) is 76.2 Å². The molecule has 0 aromatic heterocycles. The van der Waals surface area contributed by atoms with Gasteiger partial charge in [0.2, 0.25) is 15.9 Å². The topological polar surface area (TPSA) is 91.8 Å². The normalized spacial score (nSPS) is 23.9. The molecule has 0 spiro atoms. The van der Waals surface area contributed by atoms with E-state index in [0.717, 1.165) is 36.6 Å². The van der Waals surface area contributed by atoms with E-state index in [9.17, 15) is 56.8 Å². The third kappa shape index (κ3) is 5.22. The number of amides is 1. The molecular weight excluding hydrogens is 660 g/mol. The Kier molecular flexibility index (Phi) is 8.13. The molecule has 2 atom stereocenters. The molecule has 2 saturated heterocycles. The summed E-state index contributed by atoms with van der Waals surface area (Å²) in [6.07, 6.45) is -12.3. The Morgan fingerprint density at radius 3 is 2.04 bits per heavy atom. The highest BCUT2D eigenvalue weighted by atomic mass is 32.2. The molecule has 2 heterocycles. The fraction of sp³-hybridized carbons (Fsp3) is 0.536. The number of hydrogen-bond donors (Lipinski definition) is 0. The van der Waals surface area contributed by atoms with Crippen LogP contribution in [0.3, 0.4) is 0 Å². The predicted octanol–water partition coefficient (Wildman–Crippen LogP) is 5.00. The van der Waals surface area contributed by atoms with Crippen molar-refractivity contribution in [2.75, 3.05) is 25.9 Å². The molecular formula is C28H28F8N2O5S2. The van der Waals surface area contributed by atoms with E-state index in [1.165, 1.54) is 9.21 Å². The maximum absolute atomic E-state index is 15.0. The molecule has 2 unspecified atom stereocenters. The molecule has 0 radical (unpaired) electrons. The van der Waals surface area contributed by atoms with Crippen LogP contribution in [0.2, 0.25) is 0 Å². The number of sulfone groups is 1. The first-order valence-electron chi connectivity index (χ1n) is 13.9. The van der Waals surface area contributed by atoms with Crippen LogP contribution in [-0.2, 0) is 41.5 Å². The summed E-state index contributed by atoms with van der Waals surface area (Å²) >= 11 is 0. The number of likely N-dealkylation sites (tertiary alicyclic amines) is 1. The molecule has 5 rings (SSSR count). The van der Waals surface area contributed by atoms with Crippen LogP contribution < -0.4 is 0 Å². The number of carbonyl (C=O) groups excluding carboxylic acids is 1. The third-order valence-corrected chi connectivity index (χ3v) is 13.0. The molecule has 3 aliphatic rings. The number of halogens is 8. The van der Waals surface area contributed by atoms with Crippen molar-refractivity contribution in [3.05, 3.63) is 65.0 Å². The first-order valence-corrected chi connectivity index (χ1v) is 17.2. The molecule has 7 nitrogen and oxygen atoms in total. The van der Waals surface area contributed by atoms with Crippen molar-refractivity contribution in [3.63, 3.8) is 0 Å². The van der Waals surface area contributed by atoms with Crippen molar-refractivity contribution in [3.8, 4) is 0 Å². The van der Waals surface area contributed by atoms with Crippen molar-refractivity contribution in [1.29, 1.82) is 0 Å². The van der Waals surface area contributed by atoms with Crippen LogP contribution in [0.4, 0.5) is 35.1 Å². The zero-order valence-electron chi connectivity index (χ0n) is 23.6. The summed E-state index contributed by atoms with van der Waals surface area (Å²) in [7, 11) is -8.20. The molecule has 2 aromatic rings. The number of benzene rings is 2. The monoisotopic (exact) mass is 688 g/mol. The molecule has 17 heteroatoms. The van der Waals surface area contributed by atoms with Crippen molar-refractivity contribution in [2.45, 2.75) is 65.8 Å². The quantitative estimate of drug-likeness (QED) is 0.413. The summed E-state index contributed by atoms with van der Waals surface area (Å²) in [6.45, 7) is -0.0609. The SMILES string of the molecule is CS(=O)(=O)N1CCC(C(=O)N2CCC3(S(=O)(=O)c4cccc(F)c4)c4ccc(C(F)(C(F)(F)F)C(F)(F)F)cc4CCC23)CC1. The largest absolute Gasteiger partial charge is 0.435 e. The van der Waals surface area contributed by atoms with Crippen molar-refractivity contribution < 1.29 is 56.8 Å². The van der Waals surface area contributed by atoms with E-state index >= 15 is 0 Å². The number of aryl methyl sites for hydroxylation is 1. The highest BCUT2D eigenvalue weighted by Gasteiger charge is 2.74. The molecule has 2 aliphatic heterocycles. The number of rotatable bonds is 5. The number of piperidine rings is 1. The molecule has 0 bridgehead atoms. The van der Waals surface area contributed by atoms with Crippen LogP contribution in [0, 0.1) is 11.7 Å². The van der Waals surface area contributed by atoms with Gasteiger partial charge in [-0.25, -0.2) is 29.9 Å². The van der Waals surface area contributed by atoms with E-state index in [4.69, 9.17) is 0 Å². The van der Waals surface area contributed by atoms with Gasteiger partial charge in [-0.05, 0) is 61.4 Å². The minimum absolute atomic E-state index is 0.0511. The summed E-state index contributed by atoms with van der Waals surface area (Å²) in [4.78, 5) is 14.6. The van der Waals surface area contributed by atoms with E-state index in [1.54, 1.807) is 0 Å². The fourth-order valence-corrected chi connectivity index (χ4v) is 10.3. The number of alkyl halides is 7. The standard InChI is InChI=1S/C28H28F8N2O5S2/c1-44(40,41)37-12-9-17(10-13-37)24(39)38-14-11-25(45(42,43)21-4-2-3-20(29)16-21)22-7-6-19(15-18(22)5-8-23(25)38)26(30,27(31,32)33)28(34,35)36/h2-4,6-7,15-17,23H,5,8-14H2,1H3. The molecule has 2 aromatic carbocycles. The van der Waals surface area contributed by atoms with Gasteiger partial charge in [0.05, 0.1) is 17.2 Å². The Labute approximate surface area is 254 Å². The number of nitrogens with zero attached hydrogens (tertiary/aromatic N) is 2. The van der Waals surface area contributed by atoms with Crippen LogP contribution in [0.5, 0.6) is 0 Å². The second-order valence-electron chi connectivity index (χ2n) is 11.6. The van der Waals surface area contributed by atoms with Crippen molar-refractivity contribution >= 4 is 25.8 Å². The smallest absolute Gasteiger partial charge is 0.337 e. The van der Waals surface area contributed by atoms with E-state index in [0.29, 0.717) is 6.07 Å². The van der Waals surface area contributed by atoms with Gasteiger partial charge in [-0.1, -0.05) is 24.3 Å². The van der Waals surface area contributed by atoms with Gasteiger partial charge in [-0.3, -0.25) is 4.79 Å². The Balaban J connectivity index is 1.62. The zero-order chi connectivity index (χ0) is 33.4. The Morgan fingerprint density at radius 2 is 1.49 bits per heavy atom. The lowest BCUT2D eigenvalue weighted by atomic mass is 9.76. The van der Waals surface area contributed by atoms with Gasteiger partial charge in [0.15, 0.2) is 9.84 Å². The number of hydrogen-bond acceptors (Lipinski definition) is 5. The number of sulfonamides is 1. The van der Waals surface area contributed by atoms with Crippen LogP contribution in [0.1, 0.15) is 42.4 Å². The van der Waals surface area contributed by atoms with E-state index < -0.39 is 76.8 Å². The first kappa shape index (κ1) is 33.6. The van der Waals surface area contributed by atoms with Crippen molar-refractivity contribution in [1.82, 2.24) is 9.21 Å². The molecule has 0 N–H and O–H groups in total. The molecule has 1 aliphatic carbocycles. The van der Waals surface area contributed by atoms with Gasteiger partial charge in [-0.2, -0.15) is 26.3 Å². The molecule has 1 amide bonds. The minimum Gasteiger partial charge on any atom is -0.337 e. The predicted molar refractivity (Wildman–Crippen MR) is 144 cm³/mol. The van der Waals surface area contributed by atoms with E-state index in [1.807, 2.05) is 0 Å². The lowest BCUT2D eigenvalue weighted by molar-refractivity contribution is -0.348. The van der Waals surface area contributed by atoms with Gasteiger partial charge in [0.25, 0.3) is 0 Å². The lowest BCUT2D eigenvalue weighted by Gasteiger charge is -2.44. The third-order valence-electron chi connectivity index (χ3n) is 9.21. The van der Waals surface area contributed by atoms with Crippen LogP contribution >= 0.6 is 0 Å². The molecule has 0 saturated carbocycles. The molecule has 248 valence electrons. The zero-order valence-corrected chi connectivity index (χ0v) is 25.3.